The van der Waals surface area contributed by atoms with Gasteiger partial charge in [0.05, 0.1) is 18.1 Å². The summed E-state index contributed by atoms with van der Waals surface area (Å²) in [7, 11) is -3.29. The van der Waals surface area contributed by atoms with Crippen molar-refractivity contribution in [3.8, 4) is 0 Å². The minimum absolute atomic E-state index is 0.0420. The Balaban J connectivity index is 2.04. The van der Waals surface area contributed by atoms with Crippen LogP contribution in [0.15, 0.2) is 35.3 Å². The van der Waals surface area contributed by atoms with Gasteiger partial charge in [-0.15, -0.1) is 0 Å². The lowest BCUT2D eigenvalue weighted by Crippen LogP contribution is -2.12. The maximum Gasteiger partial charge on any atom is 0.285 e. The fourth-order valence-electron chi connectivity index (χ4n) is 1.61. The first-order chi connectivity index (χ1) is 9.85. The Morgan fingerprint density at radius 1 is 1.29 bits per heavy atom. The van der Waals surface area contributed by atoms with Gasteiger partial charge in [-0.05, 0) is 17.7 Å². The Hall–Kier alpha value is -2.06. The quantitative estimate of drug-likeness (QED) is 0.769. The molecule has 1 aromatic carbocycles. The molecule has 2 aromatic rings. The molecule has 1 aromatic heterocycles. The third-order valence-corrected chi connectivity index (χ3v) is 3.52. The minimum Gasteiger partial charge on any atom is -0.378 e. The van der Waals surface area contributed by atoms with E-state index in [-0.39, 0.29) is 5.02 Å². The molecule has 0 amide bonds. The van der Waals surface area contributed by atoms with E-state index >= 15 is 0 Å². The van der Waals surface area contributed by atoms with E-state index < -0.39 is 15.6 Å². The highest BCUT2D eigenvalue weighted by atomic mass is 35.5. The molecule has 0 radical (unpaired) electrons. The number of anilines is 2. The second-order valence-electron chi connectivity index (χ2n) is 4.35. The summed E-state index contributed by atoms with van der Waals surface area (Å²) >= 11 is 5.83. The van der Waals surface area contributed by atoms with Crippen LogP contribution >= 0.6 is 11.6 Å². The van der Waals surface area contributed by atoms with Crippen molar-refractivity contribution in [1.82, 2.24) is 10.2 Å². The number of hydrogen-bond acceptors (Lipinski definition) is 5. The van der Waals surface area contributed by atoms with Crippen LogP contribution in [0.2, 0.25) is 5.02 Å². The van der Waals surface area contributed by atoms with Gasteiger partial charge in [-0.3, -0.25) is 9.52 Å². The van der Waals surface area contributed by atoms with E-state index in [2.05, 4.69) is 20.2 Å². The maximum atomic E-state index is 11.3. The van der Waals surface area contributed by atoms with E-state index in [1.165, 1.54) is 6.20 Å². The summed E-state index contributed by atoms with van der Waals surface area (Å²) in [5.74, 6) is 0. The number of sulfonamides is 1. The number of nitrogens with zero attached hydrogens (tertiary/aromatic N) is 1. The van der Waals surface area contributed by atoms with Gasteiger partial charge >= 0.3 is 0 Å². The molecule has 0 unspecified atom stereocenters. The molecule has 21 heavy (non-hydrogen) atoms. The number of H-pyrrole nitrogens is 1. The van der Waals surface area contributed by atoms with Gasteiger partial charge in [0.2, 0.25) is 10.0 Å². The van der Waals surface area contributed by atoms with Gasteiger partial charge in [-0.2, -0.15) is 5.10 Å². The fourth-order valence-corrected chi connectivity index (χ4v) is 2.33. The van der Waals surface area contributed by atoms with E-state index in [4.69, 9.17) is 11.6 Å². The van der Waals surface area contributed by atoms with Crippen molar-refractivity contribution in [2.75, 3.05) is 16.3 Å². The predicted octanol–water partition coefficient (Wildman–Crippen LogP) is 1.41. The zero-order valence-corrected chi connectivity index (χ0v) is 12.6. The second-order valence-corrected chi connectivity index (χ2v) is 6.48. The molecule has 2 rings (SSSR count). The first-order valence-corrected chi connectivity index (χ1v) is 8.16. The van der Waals surface area contributed by atoms with E-state index in [0.29, 0.717) is 17.9 Å². The molecular formula is C12H13ClN4O3S. The molecule has 1 heterocycles. The van der Waals surface area contributed by atoms with Gasteiger partial charge in [0.15, 0.2) is 0 Å². The zero-order valence-electron chi connectivity index (χ0n) is 11.1. The Labute approximate surface area is 126 Å². The van der Waals surface area contributed by atoms with Crippen LogP contribution in [-0.4, -0.2) is 24.9 Å². The van der Waals surface area contributed by atoms with Crippen molar-refractivity contribution in [2.24, 2.45) is 0 Å². The van der Waals surface area contributed by atoms with Crippen LogP contribution in [-0.2, 0) is 16.6 Å². The van der Waals surface area contributed by atoms with Crippen LogP contribution in [0.3, 0.4) is 0 Å². The topological polar surface area (TPSA) is 104 Å². The highest BCUT2D eigenvalue weighted by Crippen LogP contribution is 2.16. The molecule has 0 fully saturated rings. The van der Waals surface area contributed by atoms with E-state index in [1.54, 1.807) is 24.3 Å². The van der Waals surface area contributed by atoms with Crippen LogP contribution in [0.25, 0.3) is 0 Å². The first-order valence-electron chi connectivity index (χ1n) is 5.89. The molecule has 0 saturated carbocycles. The zero-order chi connectivity index (χ0) is 15.5. The number of halogens is 1. The molecule has 112 valence electrons. The lowest BCUT2D eigenvalue weighted by Gasteiger charge is -2.08. The number of hydrogen-bond donors (Lipinski definition) is 3. The standard InChI is InChI=1S/C12H13ClN4O3S/c1-21(19,20)17-9-4-2-8(3-5-9)6-14-10-7-15-16-12(18)11(10)13/h2-5,7,17H,6H2,1H3,(H2,14,16,18). The highest BCUT2D eigenvalue weighted by Gasteiger charge is 2.05. The monoisotopic (exact) mass is 328 g/mol. The van der Waals surface area contributed by atoms with E-state index in [1.807, 2.05) is 0 Å². The molecule has 0 atom stereocenters. The van der Waals surface area contributed by atoms with Crippen LogP contribution in [0.1, 0.15) is 5.56 Å². The fraction of sp³-hybridized carbons (Fsp3) is 0.167. The Morgan fingerprint density at radius 3 is 2.57 bits per heavy atom. The van der Waals surface area contributed by atoms with E-state index in [0.717, 1.165) is 11.8 Å². The highest BCUT2D eigenvalue weighted by molar-refractivity contribution is 7.92. The van der Waals surface area contributed by atoms with Crippen molar-refractivity contribution in [3.05, 3.63) is 51.4 Å². The number of rotatable bonds is 5. The smallest absolute Gasteiger partial charge is 0.285 e. The van der Waals surface area contributed by atoms with Crippen LogP contribution in [0, 0.1) is 0 Å². The molecule has 0 aliphatic rings. The number of aromatic nitrogens is 2. The van der Waals surface area contributed by atoms with Gasteiger partial charge < -0.3 is 5.32 Å². The summed E-state index contributed by atoms with van der Waals surface area (Å²) in [5, 5.41) is 8.90. The molecule has 7 nitrogen and oxygen atoms in total. The van der Waals surface area contributed by atoms with Crippen molar-refractivity contribution in [1.29, 1.82) is 0 Å². The van der Waals surface area contributed by atoms with Gasteiger partial charge in [-0.25, -0.2) is 13.5 Å². The molecular weight excluding hydrogens is 316 g/mol. The van der Waals surface area contributed by atoms with Gasteiger partial charge in [0, 0.05) is 12.2 Å². The number of aromatic amines is 1. The van der Waals surface area contributed by atoms with Crippen molar-refractivity contribution >= 4 is 33.0 Å². The van der Waals surface area contributed by atoms with Gasteiger partial charge in [0.1, 0.15) is 5.02 Å². The number of benzene rings is 1. The largest absolute Gasteiger partial charge is 0.378 e. The van der Waals surface area contributed by atoms with Crippen LogP contribution in [0.4, 0.5) is 11.4 Å². The average Bonchev–Trinajstić information content (AvgIpc) is 2.40. The second kappa shape index (κ2) is 6.15. The van der Waals surface area contributed by atoms with Crippen molar-refractivity contribution in [2.45, 2.75) is 6.54 Å². The summed E-state index contributed by atoms with van der Waals surface area (Å²) in [5.41, 5.74) is 1.34. The lowest BCUT2D eigenvalue weighted by atomic mass is 10.2. The third-order valence-electron chi connectivity index (χ3n) is 2.54. The summed E-state index contributed by atoms with van der Waals surface area (Å²) in [4.78, 5) is 11.3. The summed E-state index contributed by atoms with van der Waals surface area (Å²) in [6.07, 6.45) is 2.51. The SMILES string of the molecule is CS(=O)(=O)Nc1ccc(CNc2cn[nH]c(=O)c2Cl)cc1. The van der Waals surface area contributed by atoms with Crippen LogP contribution in [0.5, 0.6) is 0 Å². The molecule has 0 spiro atoms. The number of nitrogens with one attached hydrogen (secondary N) is 3. The summed E-state index contributed by atoms with van der Waals surface area (Å²) in [6, 6.07) is 6.81. The summed E-state index contributed by atoms with van der Waals surface area (Å²) < 4.78 is 24.6. The van der Waals surface area contributed by atoms with Crippen LogP contribution < -0.4 is 15.6 Å². The van der Waals surface area contributed by atoms with Crippen molar-refractivity contribution in [3.63, 3.8) is 0 Å². The Morgan fingerprint density at radius 2 is 1.95 bits per heavy atom. The average molecular weight is 329 g/mol. The molecule has 0 aliphatic heterocycles. The van der Waals surface area contributed by atoms with Gasteiger partial charge in [0.25, 0.3) is 5.56 Å². The molecule has 3 N–H and O–H groups in total. The molecule has 9 heteroatoms. The summed E-state index contributed by atoms with van der Waals surface area (Å²) in [6.45, 7) is 0.421. The molecule has 0 aliphatic carbocycles. The molecule has 0 saturated heterocycles. The normalized spacial score (nSPS) is 11.1. The first kappa shape index (κ1) is 15.3. The third kappa shape index (κ3) is 4.47. The minimum atomic E-state index is -3.29. The molecule has 0 bridgehead atoms. The maximum absolute atomic E-state index is 11.3. The van der Waals surface area contributed by atoms with Crippen molar-refractivity contribution < 1.29 is 8.42 Å². The van der Waals surface area contributed by atoms with E-state index in [9.17, 15) is 13.2 Å². The Kier molecular flexibility index (Phi) is 4.49. The Bertz CT molecular complexity index is 787. The predicted molar refractivity (Wildman–Crippen MR) is 82.1 cm³/mol. The lowest BCUT2D eigenvalue weighted by molar-refractivity contribution is 0.607. The van der Waals surface area contributed by atoms with Gasteiger partial charge in [-0.1, -0.05) is 23.7 Å².